The molecule has 0 radical (unpaired) electrons. The highest BCUT2D eigenvalue weighted by molar-refractivity contribution is 8.06. The Hall–Kier alpha value is -0.960. The predicted molar refractivity (Wildman–Crippen MR) is 61.3 cm³/mol. The van der Waals surface area contributed by atoms with E-state index in [-0.39, 0.29) is 22.9 Å². The van der Waals surface area contributed by atoms with Gasteiger partial charge in [0, 0.05) is 13.1 Å². The summed E-state index contributed by atoms with van der Waals surface area (Å²) in [6.07, 6.45) is 0. The molecule has 1 heterocycles. The van der Waals surface area contributed by atoms with Gasteiger partial charge in [-0.05, 0) is 18.6 Å². The van der Waals surface area contributed by atoms with Crippen LogP contribution in [0, 0.1) is 6.92 Å². The number of nitrogens with zero attached hydrogens (tertiary/aromatic N) is 1. The molecule has 94 valence electrons. The van der Waals surface area contributed by atoms with Crippen molar-refractivity contribution in [1.82, 2.24) is 3.71 Å². The molecular weight excluding hydrogens is 264 g/mol. The quantitative estimate of drug-likeness (QED) is 0.796. The maximum atomic E-state index is 12.1. The van der Waals surface area contributed by atoms with Crippen molar-refractivity contribution in [2.75, 3.05) is 13.1 Å². The van der Waals surface area contributed by atoms with Crippen LogP contribution in [0.25, 0.3) is 0 Å². The van der Waals surface area contributed by atoms with Gasteiger partial charge in [-0.1, -0.05) is 15.8 Å². The van der Waals surface area contributed by atoms with Gasteiger partial charge in [-0.2, -0.15) is 0 Å². The molecule has 0 bridgehead atoms. The second-order valence-corrected chi connectivity index (χ2v) is 7.56. The number of benzene rings is 1. The van der Waals surface area contributed by atoms with E-state index in [0.717, 1.165) is 0 Å². The molecule has 1 aliphatic heterocycles. The van der Waals surface area contributed by atoms with Gasteiger partial charge in [0.25, 0.3) is 20.0 Å². The highest BCUT2D eigenvalue weighted by Crippen LogP contribution is 2.37. The summed E-state index contributed by atoms with van der Waals surface area (Å²) >= 11 is 0. The second kappa shape index (κ2) is 3.77. The van der Waals surface area contributed by atoms with Crippen LogP contribution in [-0.2, 0) is 20.0 Å². The van der Waals surface area contributed by atoms with E-state index in [1.807, 2.05) is 0 Å². The molecule has 0 fully saturated rings. The minimum Gasteiger partial charge on any atom is -0.329 e. The van der Waals surface area contributed by atoms with Crippen molar-refractivity contribution in [2.45, 2.75) is 16.7 Å². The number of aryl methyl sites for hydroxylation is 1. The van der Waals surface area contributed by atoms with E-state index in [2.05, 4.69) is 0 Å². The number of nitrogens with two attached hydrogens (primary N) is 1. The van der Waals surface area contributed by atoms with Gasteiger partial charge in [-0.25, -0.2) is 16.8 Å². The molecule has 0 aliphatic carbocycles. The van der Waals surface area contributed by atoms with Crippen molar-refractivity contribution in [3.8, 4) is 0 Å². The molecule has 0 amide bonds. The summed E-state index contributed by atoms with van der Waals surface area (Å²) in [6, 6.07) is 4.39. The number of fused-ring (bicyclic) bond motifs is 1. The summed E-state index contributed by atoms with van der Waals surface area (Å²) in [5.74, 6) is 0. The minimum absolute atomic E-state index is 0.0501. The van der Waals surface area contributed by atoms with Crippen LogP contribution >= 0.6 is 0 Å². The first-order valence-corrected chi connectivity index (χ1v) is 7.79. The molecule has 0 saturated heterocycles. The monoisotopic (exact) mass is 276 g/mol. The fourth-order valence-corrected chi connectivity index (χ4v) is 6.53. The first-order chi connectivity index (χ1) is 7.83. The third-order valence-electron chi connectivity index (χ3n) is 2.56. The van der Waals surface area contributed by atoms with Crippen molar-refractivity contribution < 1.29 is 16.8 Å². The maximum absolute atomic E-state index is 12.1. The Morgan fingerprint density at radius 2 is 1.82 bits per heavy atom. The SMILES string of the molecule is Cc1cccc2c1S(=O)(=O)N(CCN)S2(=O)=O. The Morgan fingerprint density at radius 1 is 1.18 bits per heavy atom. The van der Waals surface area contributed by atoms with Gasteiger partial charge in [0.2, 0.25) is 0 Å². The maximum Gasteiger partial charge on any atom is 0.258 e. The summed E-state index contributed by atoms with van der Waals surface area (Å²) in [6.45, 7) is 1.28. The fraction of sp³-hybridized carbons (Fsp3) is 0.333. The van der Waals surface area contributed by atoms with Crippen LogP contribution in [0.2, 0.25) is 0 Å². The molecule has 8 heteroatoms. The van der Waals surface area contributed by atoms with E-state index in [4.69, 9.17) is 5.73 Å². The Labute approximate surface area is 100 Å². The van der Waals surface area contributed by atoms with Gasteiger partial charge in [0.15, 0.2) is 0 Å². The van der Waals surface area contributed by atoms with Gasteiger partial charge in [0.05, 0.1) is 0 Å². The number of sulfonamides is 2. The molecule has 0 aromatic heterocycles. The van der Waals surface area contributed by atoms with Crippen LogP contribution < -0.4 is 5.73 Å². The van der Waals surface area contributed by atoms with Crippen LogP contribution in [0.1, 0.15) is 5.56 Å². The lowest BCUT2D eigenvalue weighted by Gasteiger charge is -2.11. The Kier molecular flexibility index (Phi) is 2.77. The van der Waals surface area contributed by atoms with Gasteiger partial charge >= 0.3 is 0 Å². The summed E-state index contributed by atoms with van der Waals surface area (Å²) < 4.78 is 48.7. The number of hydrogen-bond donors (Lipinski definition) is 1. The zero-order valence-electron chi connectivity index (χ0n) is 9.12. The molecule has 1 aliphatic rings. The van der Waals surface area contributed by atoms with E-state index in [1.165, 1.54) is 12.1 Å². The van der Waals surface area contributed by atoms with Crippen molar-refractivity contribution in [3.05, 3.63) is 23.8 Å². The van der Waals surface area contributed by atoms with Crippen molar-refractivity contribution in [2.24, 2.45) is 5.73 Å². The van der Waals surface area contributed by atoms with Gasteiger partial charge in [0.1, 0.15) is 9.79 Å². The summed E-state index contributed by atoms with van der Waals surface area (Å²) in [7, 11) is -7.95. The number of rotatable bonds is 2. The lowest BCUT2D eigenvalue weighted by Crippen LogP contribution is -2.34. The van der Waals surface area contributed by atoms with Crippen molar-refractivity contribution >= 4 is 20.0 Å². The first kappa shape index (κ1) is 12.5. The largest absolute Gasteiger partial charge is 0.329 e. The van der Waals surface area contributed by atoms with Crippen LogP contribution in [0.5, 0.6) is 0 Å². The third kappa shape index (κ3) is 1.60. The minimum atomic E-state index is -3.98. The average molecular weight is 276 g/mol. The van der Waals surface area contributed by atoms with E-state index in [9.17, 15) is 16.8 Å². The fourth-order valence-electron chi connectivity index (χ4n) is 1.85. The molecule has 1 aromatic carbocycles. The van der Waals surface area contributed by atoms with E-state index < -0.39 is 20.0 Å². The summed E-state index contributed by atoms with van der Waals surface area (Å²) in [5.41, 5.74) is 5.67. The Balaban J connectivity index is 2.83. The van der Waals surface area contributed by atoms with Crippen molar-refractivity contribution in [3.63, 3.8) is 0 Å². The average Bonchev–Trinajstić information content (AvgIpc) is 2.38. The van der Waals surface area contributed by atoms with Gasteiger partial charge in [-0.15, -0.1) is 0 Å². The highest BCUT2D eigenvalue weighted by atomic mass is 32.3. The van der Waals surface area contributed by atoms with Crippen LogP contribution in [-0.4, -0.2) is 33.6 Å². The lowest BCUT2D eigenvalue weighted by atomic mass is 10.2. The molecule has 0 atom stereocenters. The molecule has 6 nitrogen and oxygen atoms in total. The zero-order valence-corrected chi connectivity index (χ0v) is 10.8. The number of hydrogen-bond acceptors (Lipinski definition) is 5. The standard InChI is InChI=1S/C9H12N2O4S2/c1-7-3-2-4-8-9(7)17(14,15)11(6-5-10)16(8,12)13/h2-4H,5-6,10H2,1H3. The molecular formula is C9H12N2O4S2. The Morgan fingerprint density at radius 3 is 2.35 bits per heavy atom. The molecule has 1 aromatic rings. The smallest absolute Gasteiger partial charge is 0.258 e. The third-order valence-corrected chi connectivity index (χ3v) is 7.26. The van der Waals surface area contributed by atoms with Gasteiger partial charge < -0.3 is 5.73 Å². The summed E-state index contributed by atoms with van der Waals surface area (Å²) in [4.78, 5) is -0.292. The summed E-state index contributed by atoms with van der Waals surface area (Å²) in [5, 5.41) is 0. The Bertz CT molecular complexity index is 664. The molecule has 2 N–H and O–H groups in total. The topological polar surface area (TPSA) is 97.5 Å². The molecule has 2 rings (SSSR count). The van der Waals surface area contributed by atoms with Crippen LogP contribution in [0.15, 0.2) is 28.0 Å². The molecule has 0 unspecified atom stereocenters. The predicted octanol–water partition coefficient (Wildman–Crippen LogP) is -0.353. The lowest BCUT2D eigenvalue weighted by molar-refractivity contribution is 0.512. The zero-order chi connectivity index (χ0) is 12.8. The normalized spacial score (nSPS) is 21.3. The molecule has 0 spiro atoms. The van der Waals surface area contributed by atoms with Crippen LogP contribution in [0.4, 0.5) is 0 Å². The highest BCUT2D eigenvalue weighted by Gasteiger charge is 2.47. The second-order valence-electron chi connectivity index (χ2n) is 3.70. The molecule has 17 heavy (non-hydrogen) atoms. The van der Waals surface area contributed by atoms with E-state index >= 15 is 0 Å². The first-order valence-electron chi connectivity index (χ1n) is 4.91. The molecule has 0 saturated carbocycles. The van der Waals surface area contributed by atoms with Crippen LogP contribution in [0.3, 0.4) is 0 Å². The van der Waals surface area contributed by atoms with Crippen molar-refractivity contribution in [1.29, 1.82) is 0 Å². The van der Waals surface area contributed by atoms with E-state index in [0.29, 0.717) is 9.27 Å². The van der Waals surface area contributed by atoms with E-state index in [1.54, 1.807) is 13.0 Å². The van der Waals surface area contributed by atoms with Gasteiger partial charge in [-0.3, -0.25) is 0 Å².